The van der Waals surface area contributed by atoms with Crippen molar-refractivity contribution in [3.63, 3.8) is 0 Å². The number of hydrogen-bond donors (Lipinski definition) is 1. The molecule has 1 aromatic heterocycles. The van der Waals surface area contributed by atoms with Crippen molar-refractivity contribution >= 4 is 0 Å². The summed E-state index contributed by atoms with van der Waals surface area (Å²) < 4.78 is 10.2. The molecule has 21 heavy (non-hydrogen) atoms. The van der Waals surface area contributed by atoms with E-state index in [9.17, 15) is 0 Å². The molecule has 0 bridgehead atoms. The van der Waals surface area contributed by atoms with Gasteiger partial charge in [-0.05, 0) is 26.3 Å². The summed E-state index contributed by atoms with van der Waals surface area (Å²) >= 11 is 0. The molecule has 5 nitrogen and oxygen atoms in total. The molecule has 0 aliphatic heterocycles. The van der Waals surface area contributed by atoms with Crippen LogP contribution in [0.25, 0.3) is 0 Å². The van der Waals surface area contributed by atoms with Gasteiger partial charge in [0.15, 0.2) is 5.82 Å². The number of hydrogen-bond acceptors (Lipinski definition) is 5. The molecule has 0 saturated carbocycles. The van der Waals surface area contributed by atoms with E-state index in [1.165, 1.54) is 16.7 Å². The molecule has 2 rings (SSSR count). The minimum absolute atomic E-state index is 0.240. The van der Waals surface area contributed by atoms with Crippen molar-refractivity contribution in [2.75, 3.05) is 13.7 Å². The summed E-state index contributed by atoms with van der Waals surface area (Å²) in [6.45, 7) is 7.55. The van der Waals surface area contributed by atoms with Crippen molar-refractivity contribution < 1.29 is 9.26 Å². The molecule has 1 aromatic carbocycles. The number of benzene rings is 1. The Morgan fingerprint density at radius 1 is 1.24 bits per heavy atom. The summed E-state index contributed by atoms with van der Waals surface area (Å²) in [4.78, 5) is 4.33. The number of methoxy groups -OCH3 is 1. The van der Waals surface area contributed by atoms with Crippen LogP contribution in [0.3, 0.4) is 0 Å². The third-order valence-electron chi connectivity index (χ3n) is 3.34. The average Bonchev–Trinajstić information content (AvgIpc) is 2.89. The Kier molecular flexibility index (Phi) is 5.47. The largest absolute Gasteiger partial charge is 0.384 e. The smallest absolute Gasteiger partial charge is 0.229 e. The lowest BCUT2D eigenvalue weighted by atomic mass is 10.0. The maximum atomic E-state index is 5.16. The molecule has 0 saturated heterocycles. The van der Waals surface area contributed by atoms with E-state index >= 15 is 0 Å². The molecule has 0 amide bonds. The molecule has 0 spiro atoms. The van der Waals surface area contributed by atoms with Gasteiger partial charge in [0, 0.05) is 13.2 Å². The molecule has 0 fully saturated rings. The minimum Gasteiger partial charge on any atom is -0.384 e. The monoisotopic (exact) mass is 289 g/mol. The van der Waals surface area contributed by atoms with Gasteiger partial charge in [-0.25, -0.2) is 0 Å². The van der Waals surface area contributed by atoms with Crippen LogP contribution >= 0.6 is 0 Å². The van der Waals surface area contributed by atoms with E-state index in [0.29, 0.717) is 31.3 Å². The van der Waals surface area contributed by atoms with Crippen LogP contribution in [0.15, 0.2) is 22.7 Å². The first-order valence-corrected chi connectivity index (χ1v) is 7.20. The topological polar surface area (TPSA) is 60.2 Å². The van der Waals surface area contributed by atoms with E-state index < -0.39 is 0 Å². The molecule has 1 unspecified atom stereocenters. The van der Waals surface area contributed by atoms with Gasteiger partial charge in [0.05, 0.1) is 19.6 Å². The number of ether oxygens (including phenoxy) is 1. The summed E-state index contributed by atoms with van der Waals surface area (Å²) in [6, 6.07) is 6.82. The highest BCUT2D eigenvalue weighted by Gasteiger charge is 2.10. The van der Waals surface area contributed by atoms with Crippen molar-refractivity contribution in [3.8, 4) is 0 Å². The van der Waals surface area contributed by atoms with Gasteiger partial charge in [0.1, 0.15) is 0 Å². The van der Waals surface area contributed by atoms with Crippen molar-refractivity contribution in [1.29, 1.82) is 0 Å². The van der Waals surface area contributed by atoms with Crippen LogP contribution in [0, 0.1) is 13.8 Å². The van der Waals surface area contributed by atoms with Crippen molar-refractivity contribution in [3.05, 3.63) is 46.6 Å². The molecule has 0 radical (unpaired) electrons. The third-order valence-corrected chi connectivity index (χ3v) is 3.34. The zero-order valence-corrected chi connectivity index (χ0v) is 13.1. The van der Waals surface area contributed by atoms with E-state index in [2.05, 4.69) is 54.4 Å². The second kappa shape index (κ2) is 7.33. The summed E-state index contributed by atoms with van der Waals surface area (Å²) in [5, 5.41) is 7.39. The predicted molar refractivity (Wildman–Crippen MR) is 81.0 cm³/mol. The average molecular weight is 289 g/mol. The summed E-state index contributed by atoms with van der Waals surface area (Å²) in [5.74, 6) is 1.30. The molecule has 5 heteroatoms. The first kappa shape index (κ1) is 15.7. The fourth-order valence-electron chi connectivity index (χ4n) is 2.27. The van der Waals surface area contributed by atoms with E-state index in [-0.39, 0.29) is 6.04 Å². The van der Waals surface area contributed by atoms with Crippen molar-refractivity contribution in [1.82, 2.24) is 15.5 Å². The van der Waals surface area contributed by atoms with Crippen LogP contribution in [0.2, 0.25) is 0 Å². The Labute approximate surface area is 125 Å². The van der Waals surface area contributed by atoms with Gasteiger partial charge in [-0.1, -0.05) is 34.5 Å². The van der Waals surface area contributed by atoms with Gasteiger partial charge in [-0.3, -0.25) is 0 Å². The SMILES string of the molecule is COCCc1nc(CNC(C)c2cc(C)cc(C)c2)no1. The van der Waals surface area contributed by atoms with E-state index in [4.69, 9.17) is 9.26 Å². The van der Waals surface area contributed by atoms with Crippen LogP contribution in [0.5, 0.6) is 0 Å². The lowest BCUT2D eigenvalue weighted by molar-refractivity contribution is 0.192. The highest BCUT2D eigenvalue weighted by molar-refractivity contribution is 5.30. The van der Waals surface area contributed by atoms with E-state index in [1.54, 1.807) is 7.11 Å². The summed E-state index contributed by atoms with van der Waals surface area (Å²) in [7, 11) is 1.66. The van der Waals surface area contributed by atoms with Gasteiger partial charge < -0.3 is 14.6 Å². The van der Waals surface area contributed by atoms with Crippen molar-refractivity contribution in [2.45, 2.75) is 39.8 Å². The Bertz CT molecular complexity index is 560. The third kappa shape index (κ3) is 4.65. The number of aryl methyl sites for hydroxylation is 2. The number of aromatic nitrogens is 2. The second-order valence-electron chi connectivity index (χ2n) is 5.37. The fraction of sp³-hybridized carbons (Fsp3) is 0.500. The minimum atomic E-state index is 0.240. The molecular weight excluding hydrogens is 266 g/mol. The zero-order chi connectivity index (χ0) is 15.2. The molecular formula is C16H23N3O2. The molecule has 0 aliphatic rings. The molecule has 0 aliphatic carbocycles. The Morgan fingerprint density at radius 2 is 1.95 bits per heavy atom. The lowest BCUT2D eigenvalue weighted by Crippen LogP contribution is -2.19. The molecule has 1 N–H and O–H groups in total. The Balaban J connectivity index is 1.91. The maximum Gasteiger partial charge on any atom is 0.229 e. The lowest BCUT2D eigenvalue weighted by Gasteiger charge is -2.14. The van der Waals surface area contributed by atoms with Gasteiger partial charge in [-0.2, -0.15) is 4.98 Å². The molecule has 1 atom stereocenters. The van der Waals surface area contributed by atoms with Crippen LogP contribution in [-0.4, -0.2) is 23.9 Å². The summed E-state index contributed by atoms with van der Waals surface area (Å²) in [5.41, 5.74) is 3.83. The molecule has 2 aromatic rings. The van der Waals surface area contributed by atoms with Gasteiger partial charge in [0.25, 0.3) is 0 Å². The highest BCUT2D eigenvalue weighted by atomic mass is 16.5. The number of rotatable bonds is 7. The first-order chi connectivity index (χ1) is 10.1. The van der Waals surface area contributed by atoms with Crippen molar-refractivity contribution in [2.24, 2.45) is 0 Å². The summed E-state index contributed by atoms with van der Waals surface area (Å²) in [6.07, 6.45) is 0.649. The van der Waals surface area contributed by atoms with Crippen LogP contribution < -0.4 is 5.32 Å². The number of nitrogens with zero attached hydrogens (tertiary/aromatic N) is 2. The maximum absolute atomic E-state index is 5.16. The highest BCUT2D eigenvalue weighted by Crippen LogP contribution is 2.16. The standard InChI is InChI=1S/C16H23N3O2/c1-11-7-12(2)9-14(8-11)13(3)17-10-15-18-16(21-19-15)5-6-20-4/h7-9,13,17H,5-6,10H2,1-4H3. The predicted octanol–water partition coefficient (Wildman–Crippen LogP) is 2.73. The normalized spacial score (nSPS) is 12.6. The van der Waals surface area contributed by atoms with Gasteiger partial charge in [0.2, 0.25) is 5.89 Å². The zero-order valence-electron chi connectivity index (χ0n) is 13.1. The van der Waals surface area contributed by atoms with Crippen LogP contribution in [0.4, 0.5) is 0 Å². The fourth-order valence-corrected chi connectivity index (χ4v) is 2.27. The first-order valence-electron chi connectivity index (χ1n) is 7.20. The van der Waals surface area contributed by atoms with E-state index in [0.717, 1.165) is 0 Å². The van der Waals surface area contributed by atoms with E-state index in [1.807, 2.05) is 0 Å². The molecule has 1 heterocycles. The van der Waals surface area contributed by atoms with Gasteiger partial charge >= 0.3 is 0 Å². The van der Waals surface area contributed by atoms with Gasteiger partial charge in [-0.15, -0.1) is 0 Å². The Morgan fingerprint density at radius 3 is 2.62 bits per heavy atom. The van der Waals surface area contributed by atoms with Crippen LogP contribution in [-0.2, 0) is 17.7 Å². The Hall–Kier alpha value is -1.72. The molecule has 114 valence electrons. The number of nitrogens with one attached hydrogen (secondary N) is 1. The second-order valence-corrected chi connectivity index (χ2v) is 5.37. The quantitative estimate of drug-likeness (QED) is 0.849. The van der Waals surface area contributed by atoms with Crippen LogP contribution in [0.1, 0.15) is 41.4 Å².